The second-order valence-corrected chi connectivity index (χ2v) is 7.50. The predicted molar refractivity (Wildman–Crippen MR) is 98.0 cm³/mol. The Hall–Kier alpha value is -1.95. The minimum Gasteiger partial charge on any atom is -0.465 e. The number of carbonyl (C=O) groups excluding carboxylic acids is 2. The first-order valence-corrected chi connectivity index (χ1v) is 8.36. The van der Waals surface area contributed by atoms with Crippen molar-refractivity contribution in [2.24, 2.45) is 5.73 Å². The van der Waals surface area contributed by atoms with Gasteiger partial charge in [-0.25, -0.2) is 0 Å². The summed E-state index contributed by atoms with van der Waals surface area (Å²) in [6.45, 7) is 0. The molecule has 0 bridgehead atoms. The van der Waals surface area contributed by atoms with E-state index in [-0.39, 0.29) is 17.7 Å². The molecule has 0 aliphatic carbocycles. The van der Waals surface area contributed by atoms with Crippen molar-refractivity contribution in [2.45, 2.75) is 16.4 Å². The number of primary amides is 1. The molecule has 3 N–H and O–H groups in total. The van der Waals surface area contributed by atoms with Crippen LogP contribution in [0.5, 0.6) is 5.75 Å². The maximum atomic E-state index is 12.2. The number of para-hydroxylation sites is 1. The third-order valence-electron chi connectivity index (χ3n) is 3.19. The van der Waals surface area contributed by atoms with Gasteiger partial charge in [-0.05, 0) is 17.7 Å². The Morgan fingerprint density at radius 3 is 2.24 bits per heavy atom. The lowest BCUT2D eigenvalue weighted by atomic mass is 10.1. The monoisotopic (exact) mass is 400 g/mol. The van der Waals surface area contributed by atoms with Gasteiger partial charge in [-0.3, -0.25) is 9.59 Å². The Balaban J connectivity index is 2.15. The second kappa shape index (κ2) is 8.43. The highest BCUT2D eigenvalue weighted by Gasteiger charge is 2.36. The summed E-state index contributed by atoms with van der Waals surface area (Å²) in [5.41, 5.74) is 6.20. The molecule has 0 aliphatic rings. The summed E-state index contributed by atoms with van der Waals surface area (Å²) in [6.07, 6.45) is -1.23. The molecule has 2 amide bonds. The Bertz CT molecular complexity index is 748. The van der Waals surface area contributed by atoms with Crippen LogP contribution in [0.1, 0.15) is 15.9 Å². The Labute approximate surface area is 160 Å². The zero-order valence-electron chi connectivity index (χ0n) is 12.9. The summed E-state index contributed by atoms with van der Waals surface area (Å²) in [4.78, 5) is 23.7. The first kappa shape index (κ1) is 19.4. The lowest BCUT2D eigenvalue weighted by Crippen LogP contribution is -2.48. The fourth-order valence-corrected chi connectivity index (χ4v) is 2.35. The van der Waals surface area contributed by atoms with Crippen molar-refractivity contribution in [1.29, 1.82) is 0 Å². The molecule has 0 fully saturated rings. The predicted octanol–water partition coefficient (Wildman–Crippen LogP) is 3.22. The van der Waals surface area contributed by atoms with Gasteiger partial charge in [0.2, 0.25) is 15.9 Å². The highest BCUT2D eigenvalue weighted by molar-refractivity contribution is 6.68. The van der Waals surface area contributed by atoms with E-state index in [1.54, 1.807) is 24.3 Å². The summed E-state index contributed by atoms with van der Waals surface area (Å²) in [6, 6.07) is 15.3. The lowest BCUT2D eigenvalue weighted by Gasteiger charge is -2.27. The van der Waals surface area contributed by atoms with E-state index >= 15 is 0 Å². The normalized spacial score (nSPS) is 12.3. The molecule has 0 radical (unpaired) electrons. The zero-order valence-corrected chi connectivity index (χ0v) is 15.2. The van der Waals surface area contributed by atoms with Gasteiger partial charge in [-0.15, -0.1) is 0 Å². The van der Waals surface area contributed by atoms with Crippen molar-refractivity contribution in [3.05, 3.63) is 65.7 Å². The molecule has 2 rings (SSSR count). The SMILES string of the molecule is NC(=O)c1ccccc1O[C@H](NC(=O)Cc1ccccc1)C(Cl)(Cl)Cl. The van der Waals surface area contributed by atoms with Crippen LogP contribution in [0.15, 0.2) is 54.6 Å². The average Bonchev–Trinajstić information content (AvgIpc) is 2.54. The Morgan fingerprint density at radius 1 is 1.04 bits per heavy atom. The molecule has 8 heteroatoms. The van der Waals surface area contributed by atoms with Gasteiger partial charge < -0.3 is 15.8 Å². The van der Waals surface area contributed by atoms with Crippen LogP contribution in [0.4, 0.5) is 0 Å². The van der Waals surface area contributed by atoms with E-state index in [2.05, 4.69) is 5.32 Å². The Morgan fingerprint density at radius 2 is 1.64 bits per heavy atom. The number of nitrogens with one attached hydrogen (secondary N) is 1. The number of halogens is 3. The molecule has 1 atom stereocenters. The number of amides is 2. The molecule has 0 saturated carbocycles. The molecule has 0 heterocycles. The van der Waals surface area contributed by atoms with Crippen molar-refractivity contribution in [1.82, 2.24) is 5.32 Å². The average molecular weight is 402 g/mol. The number of hydrogen-bond donors (Lipinski definition) is 2. The molecule has 0 unspecified atom stereocenters. The maximum Gasteiger partial charge on any atom is 0.252 e. The van der Waals surface area contributed by atoms with Gasteiger partial charge in [0.05, 0.1) is 12.0 Å². The number of carbonyl (C=O) groups is 2. The summed E-state index contributed by atoms with van der Waals surface area (Å²) >= 11 is 17.7. The fraction of sp³-hybridized carbons (Fsp3) is 0.176. The van der Waals surface area contributed by atoms with Gasteiger partial charge in [0.1, 0.15) is 5.75 Å². The molecular formula is C17H15Cl3N2O3. The standard InChI is InChI=1S/C17H15Cl3N2O3/c18-17(19,20)16(22-14(23)10-11-6-2-1-3-7-11)25-13-9-5-4-8-12(13)15(21)24/h1-9,16H,10H2,(H2,21,24)(H,22,23)/t16-/m0/s1. The van der Waals surface area contributed by atoms with Crippen molar-refractivity contribution in [3.8, 4) is 5.75 Å². The largest absolute Gasteiger partial charge is 0.465 e. The van der Waals surface area contributed by atoms with Crippen LogP contribution in [0, 0.1) is 0 Å². The summed E-state index contributed by atoms with van der Waals surface area (Å²) in [5, 5.41) is 2.51. The van der Waals surface area contributed by atoms with Gasteiger partial charge in [0.25, 0.3) is 5.91 Å². The molecule has 132 valence electrons. The number of alkyl halides is 3. The molecule has 0 spiro atoms. The first-order valence-electron chi connectivity index (χ1n) is 7.23. The minimum absolute atomic E-state index is 0.0823. The van der Waals surface area contributed by atoms with Crippen LogP contribution in [0.3, 0.4) is 0 Å². The smallest absolute Gasteiger partial charge is 0.252 e. The van der Waals surface area contributed by atoms with E-state index in [1.807, 2.05) is 18.2 Å². The number of rotatable bonds is 6. The fourth-order valence-electron chi connectivity index (χ4n) is 2.06. The highest BCUT2D eigenvalue weighted by Crippen LogP contribution is 2.33. The third kappa shape index (κ3) is 5.81. The van der Waals surface area contributed by atoms with Crippen LogP contribution >= 0.6 is 34.8 Å². The van der Waals surface area contributed by atoms with Crippen LogP contribution in [0.2, 0.25) is 0 Å². The van der Waals surface area contributed by atoms with Gasteiger partial charge in [0.15, 0.2) is 0 Å². The van der Waals surface area contributed by atoms with Gasteiger partial charge in [0, 0.05) is 0 Å². The molecule has 0 saturated heterocycles. The molecule has 5 nitrogen and oxygen atoms in total. The highest BCUT2D eigenvalue weighted by atomic mass is 35.6. The van der Waals surface area contributed by atoms with E-state index in [1.165, 1.54) is 12.1 Å². The van der Waals surface area contributed by atoms with Gasteiger partial charge >= 0.3 is 0 Å². The van der Waals surface area contributed by atoms with Crippen LogP contribution in [-0.2, 0) is 11.2 Å². The van der Waals surface area contributed by atoms with E-state index in [0.29, 0.717) is 0 Å². The Kier molecular flexibility index (Phi) is 6.53. The summed E-state index contributed by atoms with van der Waals surface area (Å²) in [7, 11) is 0. The number of ether oxygens (including phenoxy) is 1. The van der Waals surface area contributed by atoms with Crippen molar-refractivity contribution in [2.75, 3.05) is 0 Å². The van der Waals surface area contributed by atoms with Crippen molar-refractivity contribution >= 4 is 46.6 Å². The minimum atomic E-state index is -1.96. The van der Waals surface area contributed by atoms with E-state index < -0.39 is 21.8 Å². The van der Waals surface area contributed by atoms with Gasteiger partial charge in [-0.2, -0.15) is 0 Å². The maximum absolute atomic E-state index is 12.2. The quantitative estimate of drug-likeness (QED) is 0.576. The number of nitrogens with two attached hydrogens (primary N) is 1. The van der Waals surface area contributed by atoms with E-state index in [9.17, 15) is 9.59 Å². The summed E-state index contributed by atoms with van der Waals surface area (Å²) in [5.74, 6) is -1.00. The molecular weight excluding hydrogens is 387 g/mol. The van der Waals surface area contributed by atoms with Crippen molar-refractivity contribution in [3.63, 3.8) is 0 Å². The third-order valence-corrected chi connectivity index (χ3v) is 3.79. The molecule has 2 aromatic carbocycles. The van der Waals surface area contributed by atoms with E-state index in [0.717, 1.165) is 5.56 Å². The number of hydrogen-bond acceptors (Lipinski definition) is 3. The lowest BCUT2D eigenvalue weighted by molar-refractivity contribution is -0.122. The molecule has 2 aromatic rings. The van der Waals surface area contributed by atoms with Crippen LogP contribution < -0.4 is 15.8 Å². The second-order valence-electron chi connectivity index (χ2n) is 5.13. The van der Waals surface area contributed by atoms with E-state index in [4.69, 9.17) is 45.3 Å². The molecule has 0 aliphatic heterocycles. The molecule has 0 aromatic heterocycles. The first-order chi connectivity index (χ1) is 11.8. The molecule has 25 heavy (non-hydrogen) atoms. The zero-order chi connectivity index (χ0) is 18.4. The van der Waals surface area contributed by atoms with Crippen molar-refractivity contribution < 1.29 is 14.3 Å². The van der Waals surface area contributed by atoms with Crippen LogP contribution in [-0.4, -0.2) is 21.8 Å². The number of benzene rings is 2. The topological polar surface area (TPSA) is 81.4 Å². The summed E-state index contributed by atoms with van der Waals surface area (Å²) < 4.78 is 3.59. The van der Waals surface area contributed by atoms with Gasteiger partial charge in [-0.1, -0.05) is 77.3 Å². The van der Waals surface area contributed by atoms with Crippen LogP contribution in [0.25, 0.3) is 0 Å².